The summed E-state index contributed by atoms with van der Waals surface area (Å²) >= 11 is 0. The molecule has 1 fully saturated rings. The van der Waals surface area contributed by atoms with Crippen LogP contribution in [0, 0.1) is 12.8 Å². The minimum absolute atomic E-state index is 0.110. The number of rotatable bonds is 1. The number of ether oxygens (including phenoxy) is 1. The van der Waals surface area contributed by atoms with Crippen molar-refractivity contribution < 1.29 is 9.53 Å². The molecule has 2 N–H and O–H groups in total. The van der Waals surface area contributed by atoms with Gasteiger partial charge in [0.25, 0.3) is 0 Å². The second-order valence-corrected chi connectivity index (χ2v) is 7.83. The van der Waals surface area contributed by atoms with Gasteiger partial charge in [-0.1, -0.05) is 6.92 Å². The summed E-state index contributed by atoms with van der Waals surface area (Å²) in [5, 5.41) is 0. The van der Waals surface area contributed by atoms with Crippen LogP contribution in [0.4, 0.5) is 10.6 Å². The molecule has 7 heteroatoms. The maximum atomic E-state index is 13.1. The molecule has 0 bridgehead atoms. The summed E-state index contributed by atoms with van der Waals surface area (Å²) in [6, 6.07) is 4.20. The molecule has 0 unspecified atom stereocenters. The van der Waals surface area contributed by atoms with Gasteiger partial charge in [-0.25, -0.2) is 9.78 Å². The van der Waals surface area contributed by atoms with E-state index in [1.54, 1.807) is 12.4 Å². The van der Waals surface area contributed by atoms with Crippen LogP contribution in [0.25, 0.3) is 11.3 Å². The molecule has 1 saturated heterocycles. The number of nitrogen functional groups attached to an aromatic ring is 1. The summed E-state index contributed by atoms with van der Waals surface area (Å²) in [6.07, 6.45) is 5.38. The van der Waals surface area contributed by atoms with Crippen molar-refractivity contribution in [1.82, 2.24) is 19.8 Å². The average Bonchev–Trinajstić information content (AvgIpc) is 2.91. The predicted octanol–water partition coefficient (Wildman–Crippen LogP) is 3.08. The maximum absolute atomic E-state index is 13.1. The zero-order valence-electron chi connectivity index (χ0n) is 16.5. The fraction of sp³-hybridized carbons (Fsp3) is 0.476. The third-order valence-corrected chi connectivity index (χ3v) is 5.61. The summed E-state index contributed by atoms with van der Waals surface area (Å²) in [4.78, 5) is 25.5. The van der Waals surface area contributed by atoms with E-state index in [4.69, 9.17) is 10.5 Å². The van der Waals surface area contributed by atoms with Gasteiger partial charge in [0.2, 0.25) is 0 Å². The van der Waals surface area contributed by atoms with Gasteiger partial charge in [-0.2, -0.15) is 0 Å². The number of nitrogens with two attached hydrogens (primary N) is 1. The highest BCUT2D eigenvalue weighted by atomic mass is 16.5. The van der Waals surface area contributed by atoms with E-state index in [0.29, 0.717) is 31.4 Å². The van der Waals surface area contributed by atoms with E-state index in [1.807, 2.05) is 28.9 Å². The van der Waals surface area contributed by atoms with E-state index in [1.165, 1.54) is 0 Å². The average molecular weight is 381 g/mol. The Bertz CT molecular complexity index is 860. The van der Waals surface area contributed by atoms with Crippen molar-refractivity contribution in [3.05, 3.63) is 35.7 Å². The number of aromatic nitrogens is 2. The number of nitrogens with zero attached hydrogens (tertiary/aromatic N) is 4. The van der Waals surface area contributed by atoms with Crippen LogP contribution in [0.15, 0.2) is 24.5 Å². The molecular weight excluding hydrogens is 354 g/mol. The van der Waals surface area contributed by atoms with Gasteiger partial charge < -0.3 is 20.3 Å². The fourth-order valence-electron chi connectivity index (χ4n) is 3.91. The van der Waals surface area contributed by atoms with Gasteiger partial charge in [0, 0.05) is 24.2 Å². The van der Waals surface area contributed by atoms with Gasteiger partial charge in [-0.3, -0.25) is 4.98 Å². The van der Waals surface area contributed by atoms with Gasteiger partial charge in [-0.15, -0.1) is 0 Å². The third-order valence-electron chi connectivity index (χ3n) is 5.61. The molecule has 0 atom stereocenters. The van der Waals surface area contributed by atoms with E-state index in [2.05, 4.69) is 16.9 Å². The third kappa shape index (κ3) is 3.74. The first-order valence-electron chi connectivity index (χ1n) is 9.89. The number of benzene rings is 1. The molecule has 7 nitrogen and oxygen atoms in total. The molecule has 2 aromatic rings. The number of fused-ring (bicyclic) bond motifs is 1. The van der Waals surface area contributed by atoms with Crippen LogP contribution in [-0.4, -0.2) is 52.0 Å². The van der Waals surface area contributed by atoms with Gasteiger partial charge in [-0.05, 0) is 43.4 Å². The standard InChI is InChI=1S/C21H27N5O2/c1-14-3-5-25(6-4-14)21(27)26-7-8-28-20-15(2)9-16(10-17(20)13-26)18-11-24-19(22)12-23-18/h9-12,14H,3-8,13H2,1-2H3,(H2,22,24). The zero-order valence-corrected chi connectivity index (χ0v) is 16.5. The number of amides is 2. The maximum Gasteiger partial charge on any atom is 0.320 e. The van der Waals surface area contributed by atoms with Crippen LogP contribution in [0.3, 0.4) is 0 Å². The lowest BCUT2D eigenvalue weighted by Gasteiger charge is -2.34. The molecule has 0 radical (unpaired) electrons. The van der Waals surface area contributed by atoms with Gasteiger partial charge in [0.15, 0.2) is 0 Å². The Morgan fingerprint density at radius 2 is 1.93 bits per heavy atom. The highest BCUT2D eigenvalue weighted by Gasteiger charge is 2.27. The molecule has 0 spiro atoms. The highest BCUT2D eigenvalue weighted by molar-refractivity contribution is 5.75. The van der Waals surface area contributed by atoms with E-state index in [-0.39, 0.29) is 6.03 Å². The fourth-order valence-corrected chi connectivity index (χ4v) is 3.91. The smallest absolute Gasteiger partial charge is 0.320 e. The monoisotopic (exact) mass is 381 g/mol. The Morgan fingerprint density at radius 1 is 1.14 bits per heavy atom. The molecular formula is C21H27N5O2. The van der Waals surface area contributed by atoms with Crippen LogP contribution >= 0.6 is 0 Å². The highest BCUT2D eigenvalue weighted by Crippen LogP contribution is 2.32. The second-order valence-electron chi connectivity index (χ2n) is 7.83. The van der Waals surface area contributed by atoms with Gasteiger partial charge >= 0.3 is 6.03 Å². The number of anilines is 1. The number of hydrogen-bond donors (Lipinski definition) is 1. The van der Waals surface area contributed by atoms with Crippen molar-refractivity contribution in [2.45, 2.75) is 33.2 Å². The molecule has 2 aliphatic rings. The molecule has 148 valence electrons. The molecule has 2 amide bonds. The number of hydrogen-bond acceptors (Lipinski definition) is 5. The van der Waals surface area contributed by atoms with Gasteiger partial charge in [0.05, 0.1) is 31.2 Å². The lowest BCUT2D eigenvalue weighted by Crippen LogP contribution is -2.46. The van der Waals surface area contributed by atoms with Crippen LogP contribution in [-0.2, 0) is 6.54 Å². The molecule has 1 aromatic carbocycles. The predicted molar refractivity (Wildman–Crippen MR) is 108 cm³/mol. The Hall–Kier alpha value is -2.83. The lowest BCUT2D eigenvalue weighted by atomic mass is 9.99. The minimum atomic E-state index is 0.110. The van der Waals surface area contributed by atoms with Crippen molar-refractivity contribution >= 4 is 11.8 Å². The first kappa shape index (κ1) is 18.5. The van der Waals surface area contributed by atoms with E-state index in [9.17, 15) is 4.79 Å². The Labute approximate surface area is 165 Å². The van der Waals surface area contributed by atoms with Gasteiger partial charge in [0.1, 0.15) is 18.2 Å². The molecule has 0 aliphatic carbocycles. The number of piperidine rings is 1. The first-order valence-corrected chi connectivity index (χ1v) is 9.89. The number of carbonyl (C=O) groups excluding carboxylic acids is 1. The largest absolute Gasteiger partial charge is 0.491 e. The minimum Gasteiger partial charge on any atom is -0.491 e. The van der Waals surface area contributed by atoms with Crippen LogP contribution < -0.4 is 10.5 Å². The molecule has 1 aromatic heterocycles. The quantitative estimate of drug-likeness (QED) is 0.821. The number of likely N-dealkylation sites (tertiary alicyclic amines) is 1. The number of urea groups is 1. The van der Waals surface area contributed by atoms with Crippen molar-refractivity contribution in [1.29, 1.82) is 0 Å². The van der Waals surface area contributed by atoms with Crippen LogP contribution in [0.5, 0.6) is 5.75 Å². The van der Waals surface area contributed by atoms with E-state index < -0.39 is 0 Å². The first-order chi connectivity index (χ1) is 13.5. The van der Waals surface area contributed by atoms with Crippen LogP contribution in [0.1, 0.15) is 30.9 Å². The number of carbonyl (C=O) groups is 1. The number of aryl methyl sites for hydroxylation is 1. The van der Waals surface area contributed by atoms with Crippen LogP contribution in [0.2, 0.25) is 0 Å². The Morgan fingerprint density at radius 3 is 2.64 bits per heavy atom. The SMILES string of the molecule is Cc1cc(-c2cnc(N)cn2)cc2c1OCCN(C(=O)N1CCC(C)CC1)C2. The molecule has 0 saturated carbocycles. The Kier molecular flexibility index (Phi) is 5.07. The molecule has 28 heavy (non-hydrogen) atoms. The molecule has 3 heterocycles. The lowest BCUT2D eigenvalue weighted by molar-refractivity contribution is 0.129. The van der Waals surface area contributed by atoms with Crippen molar-refractivity contribution in [3.8, 4) is 17.0 Å². The Balaban J connectivity index is 1.59. The summed E-state index contributed by atoms with van der Waals surface area (Å²) in [7, 11) is 0. The normalized spacial score (nSPS) is 17.6. The van der Waals surface area contributed by atoms with Crippen molar-refractivity contribution in [3.63, 3.8) is 0 Å². The summed E-state index contributed by atoms with van der Waals surface area (Å²) in [5.74, 6) is 1.96. The molecule has 2 aliphatic heterocycles. The summed E-state index contributed by atoms with van der Waals surface area (Å²) < 4.78 is 6.01. The van der Waals surface area contributed by atoms with Crippen molar-refractivity contribution in [2.75, 3.05) is 32.0 Å². The topological polar surface area (TPSA) is 84.6 Å². The summed E-state index contributed by atoms with van der Waals surface area (Å²) in [5.41, 5.74) is 9.40. The zero-order chi connectivity index (χ0) is 19.7. The van der Waals surface area contributed by atoms with Crippen molar-refractivity contribution in [2.24, 2.45) is 5.92 Å². The van der Waals surface area contributed by atoms with E-state index >= 15 is 0 Å². The second kappa shape index (κ2) is 7.66. The van der Waals surface area contributed by atoms with E-state index in [0.717, 1.165) is 54.1 Å². The molecule has 4 rings (SSSR count). The summed E-state index contributed by atoms with van der Waals surface area (Å²) in [6.45, 7) is 7.59.